The van der Waals surface area contributed by atoms with Gasteiger partial charge in [-0.15, -0.1) is 0 Å². The highest BCUT2D eigenvalue weighted by molar-refractivity contribution is 7.47. The third-order valence-corrected chi connectivity index (χ3v) is 17.7. The molecule has 0 aliphatic carbocycles. The SMILES string of the molecule is CC/C=C\C/C=C\C/C=C\C/C=C\C/C=C\C/C=C\C/C=C\C/C=C\C/C=C\CCCCCCCCCCCCCCCC(=O)OC(COC(=O)CCCCCCCCCCCCCCCCCCCC/C=C\C/C=C\C/C=C\CCCCCCC)COP(=O)(O)OCCN. The van der Waals surface area contributed by atoms with Crippen molar-refractivity contribution in [3.05, 3.63) is 146 Å². The smallest absolute Gasteiger partial charge is 0.462 e. The van der Waals surface area contributed by atoms with Crippen LogP contribution in [0.25, 0.3) is 0 Å². The van der Waals surface area contributed by atoms with Gasteiger partial charge in [0.2, 0.25) is 0 Å². The summed E-state index contributed by atoms with van der Waals surface area (Å²) in [6.45, 7) is 3.65. The summed E-state index contributed by atoms with van der Waals surface area (Å²) in [5.41, 5.74) is 5.41. The zero-order valence-corrected chi connectivity index (χ0v) is 62.3. The van der Waals surface area contributed by atoms with Gasteiger partial charge in [-0.1, -0.05) is 359 Å². The number of esters is 2. The van der Waals surface area contributed by atoms with Crippen molar-refractivity contribution in [3.8, 4) is 0 Å². The van der Waals surface area contributed by atoms with E-state index in [2.05, 4.69) is 160 Å². The highest BCUT2D eigenvalue weighted by Gasteiger charge is 2.26. The van der Waals surface area contributed by atoms with Crippen LogP contribution < -0.4 is 5.73 Å². The van der Waals surface area contributed by atoms with E-state index in [1.165, 1.54) is 205 Å². The quantitative estimate of drug-likeness (QED) is 0.0264. The van der Waals surface area contributed by atoms with Gasteiger partial charge in [-0.3, -0.25) is 18.6 Å². The molecule has 0 spiro atoms. The van der Waals surface area contributed by atoms with E-state index in [4.69, 9.17) is 24.3 Å². The Hall–Kier alpha value is -4.11. The summed E-state index contributed by atoms with van der Waals surface area (Å²) in [7, 11) is -4.40. The van der Waals surface area contributed by atoms with Crippen molar-refractivity contribution in [1.82, 2.24) is 0 Å². The molecule has 0 radical (unpaired) electrons. The van der Waals surface area contributed by atoms with Gasteiger partial charge >= 0.3 is 19.8 Å². The number of carbonyl (C=O) groups excluding carboxylic acids is 2. The lowest BCUT2D eigenvalue weighted by molar-refractivity contribution is -0.161. The number of carbonyl (C=O) groups is 2. The number of allylic oxidation sites excluding steroid dienone is 24. The van der Waals surface area contributed by atoms with Gasteiger partial charge in [0, 0.05) is 19.4 Å². The van der Waals surface area contributed by atoms with Crippen molar-refractivity contribution in [2.24, 2.45) is 5.73 Å². The molecular weight excluding hydrogens is 1190 g/mol. The summed E-state index contributed by atoms with van der Waals surface area (Å²) in [6.07, 6.45) is 114. The Kier molecular flexibility index (Phi) is 75.5. The Balaban J connectivity index is 3.86. The largest absolute Gasteiger partial charge is 0.472 e. The first-order valence-electron chi connectivity index (χ1n) is 39.3. The number of ether oxygens (including phenoxy) is 2. The topological polar surface area (TPSA) is 134 Å². The molecule has 0 saturated heterocycles. The fourth-order valence-electron chi connectivity index (χ4n) is 10.9. The normalized spacial score (nSPS) is 13.7. The van der Waals surface area contributed by atoms with Crippen LogP contribution in [0, 0.1) is 0 Å². The molecule has 0 saturated carbocycles. The maximum Gasteiger partial charge on any atom is 0.472 e. The van der Waals surface area contributed by atoms with E-state index in [1.54, 1.807) is 0 Å². The molecule has 0 aromatic rings. The zero-order chi connectivity index (χ0) is 68.6. The first kappa shape index (κ1) is 90.9. The standard InChI is InChI=1S/C85H146NO8P/c1-3-5-7-9-11-13-15-17-19-21-23-25-27-29-31-33-35-37-38-39-40-41-42-43-44-46-48-50-52-54-56-58-60-62-64-66-68-70-72-74-76-78-85(88)94-83(82-93-95(89,90)92-80-79-86)81-91-84(87)77-75-73-71-69-67-65-63-61-59-57-55-53-51-49-47-45-36-34-32-30-28-26-24-22-20-18-16-14-12-10-8-6-4-2/h5,7,11,13,16-19,22-25,28-31,35,37,39-40,42-43,46,48,83H,3-4,6,8-10,12,14-15,20-21,26-27,32-34,36,38,41,44-45,47,49-82,86H2,1-2H3,(H,89,90)/b7-5-,13-11-,18-16-,19-17-,24-22-,25-23-,30-28-,31-29-,37-35-,40-39-,43-42-,48-46-. The lowest BCUT2D eigenvalue weighted by Crippen LogP contribution is -2.29. The summed E-state index contributed by atoms with van der Waals surface area (Å²) in [5, 5.41) is 0. The van der Waals surface area contributed by atoms with E-state index in [0.29, 0.717) is 6.42 Å². The molecule has 0 aliphatic heterocycles. The number of hydrogen-bond donors (Lipinski definition) is 2. The number of phosphoric ester groups is 1. The fraction of sp³-hybridized carbons (Fsp3) is 0.694. The van der Waals surface area contributed by atoms with Crippen LogP contribution in [0.5, 0.6) is 0 Å². The van der Waals surface area contributed by atoms with Gasteiger partial charge in [0.15, 0.2) is 6.10 Å². The van der Waals surface area contributed by atoms with Gasteiger partial charge in [0.1, 0.15) is 6.61 Å². The van der Waals surface area contributed by atoms with Gasteiger partial charge in [0.05, 0.1) is 13.2 Å². The van der Waals surface area contributed by atoms with Crippen molar-refractivity contribution < 1.29 is 37.6 Å². The Labute approximate surface area is 586 Å². The number of rotatable bonds is 73. The maximum absolute atomic E-state index is 12.8. The van der Waals surface area contributed by atoms with Crippen LogP contribution in [-0.4, -0.2) is 49.3 Å². The van der Waals surface area contributed by atoms with Crippen molar-refractivity contribution in [2.45, 2.75) is 354 Å². The van der Waals surface area contributed by atoms with Gasteiger partial charge in [-0.2, -0.15) is 0 Å². The lowest BCUT2D eigenvalue weighted by Gasteiger charge is -2.19. The molecule has 0 rings (SSSR count). The molecule has 0 heterocycles. The molecule has 9 nitrogen and oxygen atoms in total. The van der Waals surface area contributed by atoms with Crippen LogP contribution in [-0.2, 0) is 32.7 Å². The molecule has 2 atom stereocenters. The van der Waals surface area contributed by atoms with Crippen LogP contribution in [0.4, 0.5) is 0 Å². The second-order valence-electron chi connectivity index (χ2n) is 25.8. The van der Waals surface area contributed by atoms with Crippen LogP contribution in [0.15, 0.2) is 146 Å². The van der Waals surface area contributed by atoms with E-state index >= 15 is 0 Å². The second kappa shape index (κ2) is 78.9. The molecule has 3 N–H and O–H groups in total. The Morgan fingerprint density at radius 2 is 0.579 bits per heavy atom. The molecule has 0 bridgehead atoms. The van der Waals surface area contributed by atoms with Crippen molar-refractivity contribution in [2.75, 3.05) is 26.4 Å². The third-order valence-electron chi connectivity index (χ3n) is 16.7. The molecule has 0 aromatic heterocycles. The maximum atomic E-state index is 12.8. The average Bonchev–Trinajstić information content (AvgIpc) is 2.75. The van der Waals surface area contributed by atoms with E-state index in [9.17, 15) is 19.0 Å². The molecule has 544 valence electrons. The number of phosphoric acid groups is 1. The predicted octanol–water partition coefficient (Wildman–Crippen LogP) is 26.5. The second-order valence-corrected chi connectivity index (χ2v) is 27.3. The first-order chi connectivity index (χ1) is 46.8. The monoisotopic (exact) mass is 1340 g/mol. The minimum absolute atomic E-state index is 0.0491. The van der Waals surface area contributed by atoms with Gasteiger partial charge in [0.25, 0.3) is 0 Å². The minimum atomic E-state index is -4.40. The molecule has 95 heavy (non-hydrogen) atoms. The number of nitrogens with two attached hydrogens (primary N) is 1. The molecule has 2 unspecified atom stereocenters. The fourth-order valence-corrected chi connectivity index (χ4v) is 11.7. The predicted molar refractivity (Wildman–Crippen MR) is 413 cm³/mol. The van der Waals surface area contributed by atoms with E-state index in [0.717, 1.165) is 109 Å². The highest BCUT2D eigenvalue weighted by Crippen LogP contribution is 2.43. The Morgan fingerprint density at radius 1 is 0.326 bits per heavy atom. The third kappa shape index (κ3) is 78.8. The van der Waals surface area contributed by atoms with E-state index in [-0.39, 0.29) is 38.6 Å². The van der Waals surface area contributed by atoms with Gasteiger partial charge in [-0.05, 0) is 122 Å². The number of hydrogen-bond acceptors (Lipinski definition) is 8. The lowest BCUT2D eigenvalue weighted by atomic mass is 10.0. The summed E-state index contributed by atoms with van der Waals surface area (Å²) >= 11 is 0. The van der Waals surface area contributed by atoms with Crippen molar-refractivity contribution in [1.29, 1.82) is 0 Å². The van der Waals surface area contributed by atoms with Crippen LogP contribution >= 0.6 is 7.82 Å². The molecular formula is C85H146NO8P. The number of unbranched alkanes of at least 4 members (excludes halogenated alkanes) is 36. The summed E-state index contributed by atoms with van der Waals surface area (Å²) in [5.74, 6) is -0.823. The minimum Gasteiger partial charge on any atom is -0.462 e. The molecule has 0 aromatic carbocycles. The summed E-state index contributed by atoms with van der Waals surface area (Å²) in [4.78, 5) is 35.5. The van der Waals surface area contributed by atoms with Gasteiger partial charge in [-0.25, -0.2) is 4.57 Å². The highest BCUT2D eigenvalue weighted by atomic mass is 31.2. The van der Waals surface area contributed by atoms with Crippen LogP contribution in [0.2, 0.25) is 0 Å². The zero-order valence-electron chi connectivity index (χ0n) is 61.4. The molecule has 0 aliphatic rings. The summed E-state index contributed by atoms with van der Waals surface area (Å²) < 4.78 is 33.3. The molecule has 10 heteroatoms. The van der Waals surface area contributed by atoms with Crippen LogP contribution in [0.1, 0.15) is 348 Å². The van der Waals surface area contributed by atoms with E-state index < -0.39 is 26.5 Å². The molecule has 0 amide bonds. The van der Waals surface area contributed by atoms with Crippen molar-refractivity contribution >= 4 is 19.8 Å². The Morgan fingerprint density at radius 3 is 0.863 bits per heavy atom. The van der Waals surface area contributed by atoms with Gasteiger partial charge < -0.3 is 20.1 Å². The summed E-state index contributed by atoms with van der Waals surface area (Å²) in [6, 6.07) is 0. The van der Waals surface area contributed by atoms with E-state index in [1.807, 2.05) is 0 Å². The first-order valence-corrected chi connectivity index (χ1v) is 40.8. The van der Waals surface area contributed by atoms with Crippen molar-refractivity contribution in [3.63, 3.8) is 0 Å². The molecule has 0 fully saturated rings. The Bertz CT molecular complexity index is 2080. The van der Waals surface area contributed by atoms with Crippen LogP contribution in [0.3, 0.4) is 0 Å². The average molecular weight is 1340 g/mol.